The van der Waals surface area contributed by atoms with E-state index in [0.29, 0.717) is 12.3 Å². The molecule has 0 radical (unpaired) electrons. The number of carbonyl (C=O) groups excluding carboxylic acids is 1. The molecule has 0 unspecified atom stereocenters. The van der Waals surface area contributed by atoms with Crippen LogP contribution in [0, 0.1) is 20.8 Å². The summed E-state index contributed by atoms with van der Waals surface area (Å²) in [6.45, 7) is 7.70. The molecule has 0 bridgehead atoms. The lowest BCUT2D eigenvalue weighted by Crippen LogP contribution is -2.36. The zero-order chi connectivity index (χ0) is 21.0. The Hall–Kier alpha value is -2.15. The Bertz CT molecular complexity index is 1000. The molecule has 1 amide bonds. The second-order valence-electron chi connectivity index (χ2n) is 7.73. The van der Waals surface area contributed by atoms with E-state index in [1.54, 1.807) is 16.2 Å². The summed E-state index contributed by atoms with van der Waals surface area (Å²) in [5.74, 6) is 0.640. The quantitative estimate of drug-likeness (QED) is 0.487. The SMILES string of the molecule is Cc1cccc(OCC(=O)N(CCCN(C)C)c2nc3cc(C)cc(C)c3s2)c1.Cl. The van der Waals surface area contributed by atoms with Crippen LogP contribution in [0.1, 0.15) is 23.1 Å². The molecular formula is C23H30ClN3O2S. The molecule has 0 saturated heterocycles. The van der Waals surface area contributed by atoms with Crippen LogP contribution in [-0.4, -0.2) is 49.6 Å². The first-order valence-electron chi connectivity index (χ1n) is 9.86. The van der Waals surface area contributed by atoms with E-state index in [2.05, 4.69) is 30.9 Å². The zero-order valence-electron chi connectivity index (χ0n) is 18.3. The van der Waals surface area contributed by atoms with Crippen LogP contribution < -0.4 is 9.64 Å². The molecule has 0 saturated carbocycles. The van der Waals surface area contributed by atoms with Gasteiger partial charge in [-0.25, -0.2) is 4.98 Å². The highest BCUT2D eigenvalue weighted by Gasteiger charge is 2.21. The Labute approximate surface area is 189 Å². The predicted octanol–water partition coefficient (Wildman–Crippen LogP) is 5.01. The number of ether oxygens (including phenoxy) is 1. The average Bonchev–Trinajstić information content (AvgIpc) is 3.07. The lowest BCUT2D eigenvalue weighted by Gasteiger charge is -2.21. The maximum absolute atomic E-state index is 13.1. The van der Waals surface area contributed by atoms with Gasteiger partial charge in [0.1, 0.15) is 5.75 Å². The predicted molar refractivity (Wildman–Crippen MR) is 129 cm³/mol. The molecule has 2 aromatic carbocycles. The van der Waals surface area contributed by atoms with E-state index in [9.17, 15) is 4.79 Å². The molecule has 1 aromatic heterocycles. The summed E-state index contributed by atoms with van der Waals surface area (Å²) < 4.78 is 6.91. The first kappa shape index (κ1) is 24.1. The molecule has 5 nitrogen and oxygen atoms in total. The van der Waals surface area contributed by atoms with Gasteiger partial charge in [0.25, 0.3) is 5.91 Å². The van der Waals surface area contributed by atoms with Gasteiger partial charge in [-0.3, -0.25) is 9.69 Å². The fourth-order valence-corrected chi connectivity index (χ4v) is 4.34. The van der Waals surface area contributed by atoms with Crippen molar-refractivity contribution in [2.75, 3.05) is 38.7 Å². The number of thiazole rings is 1. The summed E-state index contributed by atoms with van der Waals surface area (Å²) >= 11 is 1.58. The van der Waals surface area contributed by atoms with Gasteiger partial charge in [-0.15, -0.1) is 12.4 Å². The molecule has 0 aliphatic rings. The molecule has 0 fully saturated rings. The summed E-state index contributed by atoms with van der Waals surface area (Å²) in [5.41, 5.74) is 4.43. The topological polar surface area (TPSA) is 45.7 Å². The van der Waals surface area contributed by atoms with Gasteiger partial charge in [0, 0.05) is 6.54 Å². The van der Waals surface area contributed by atoms with Crippen LogP contribution in [0.25, 0.3) is 10.2 Å². The number of nitrogens with zero attached hydrogens (tertiary/aromatic N) is 3. The largest absolute Gasteiger partial charge is 0.484 e. The highest BCUT2D eigenvalue weighted by atomic mass is 35.5. The Morgan fingerprint density at radius 2 is 1.83 bits per heavy atom. The van der Waals surface area contributed by atoms with E-state index in [-0.39, 0.29) is 24.9 Å². The third-order valence-electron chi connectivity index (χ3n) is 4.68. The molecule has 0 aliphatic carbocycles. The monoisotopic (exact) mass is 447 g/mol. The van der Waals surface area contributed by atoms with Gasteiger partial charge in [0.15, 0.2) is 11.7 Å². The molecule has 7 heteroatoms. The molecule has 0 spiro atoms. The van der Waals surface area contributed by atoms with Crippen molar-refractivity contribution in [2.45, 2.75) is 27.2 Å². The number of halogens is 1. The van der Waals surface area contributed by atoms with Crippen LogP contribution in [0.4, 0.5) is 5.13 Å². The minimum absolute atomic E-state index is 0. The molecule has 0 atom stereocenters. The van der Waals surface area contributed by atoms with E-state index < -0.39 is 0 Å². The van der Waals surface area contributed by atoms with E-state index >= 15 is 0 Å². The summed E-state index contributed by atoms with van der Waals surface area (Å²) in [6, 6.07) is 12.0. The van der Waals surface area contributed by atoms with Crippen molar-refractivity contribution in [3.63, 3.8) is 0 Å². The number of rotatable bonds is 8. The summed E-state index contributed by atoms with van der Waals surface area (Å²) in [7, 11) is 4.08. The third-order valence-corrected chi connectivity index (χ3v) is 5.91. The van der Waals surface area contributed by atoms with Crippen molar-refractivity contribution < 1.29 is 9.53 Å². The van der Waals surface area contributed by atoms with Crippen LogP contribution in [0.3, 0.4) is 0 Å². The van der Waals surface area contributed by atoms with Crippen LogP contribution >= 0.6 is 23.7 Å². The van der Waals surface area contributed by atoms with Crippen molar-refractivity contribution in [2.24, 2.45) is 0 Å². The van der Waals surface area contributed by atoms with Crippen LogP contribution in [0.15, 0.2) is 36.4 Å². The minimum atomic E-state index is -0.0707. The Morgan fingerprint density at radius 1 is 1.07 bits per heavy atom. The average molecular weight is 448 g/mol. The number of aryl methyl sites for hydroxylation is 3. The third kappa shape index (κ3) is 6.17. The zero-order valence-corrected chi connectivity index (χ0v) is 19.9. The van der Waals surface area contributed by atoms with E-state index in [1.165, 1.54) is 11.1 Å². The normalized spacial score (nSPS) is 10.9. The standard InChI is InChI=1S/C23H29N3O2S.ClH/c1-16-8-6-9-19(13-16)28-15-21(27)26(11-7-10-25(4)5)23-24-20-14-17(2)12-18(3)22(20)29-23;/h6,8-9,12-14H,7,10-11,15H2,1-5H3;1H. The molecule has 1 heterocycles. The molecule has 0 N–H and O–H groups in total. The lowest BCUT2D eigenvalue weighted by molar-refractivity contribution is -0.120. The number of benzene rings is 2. The van der Waals surface area contributed by atoms with Gasteiger partial charge in [-0.1, -0.05) is 29.5 Å². The highest BCUT2D eigenvalue weighted by Crippen LogP contribution is 2.32. The van der Waals surface area contributed by atoms with Crippen molar-refractivity contribution in [3.8, 4) is 5.75 Å². The highest BCUT2D eigenvalue weighted by molar-refractivity contribution is 7.22. The van der Waals surface area contributed by atoms with Crippen LogP contribution in [0.2, 0.25) is 0 Å². The van der Waals surface area contributed by atoms with Gasteiger partial charge >= 0.3 is 0 Å². The fourth-order valence-electron chi connectivity index (χ4n) is 3.28. The maximum Gasteiger partial charge on any atom is 0.266 e. The Morgan fingerprint density at radius 3 is 2.53 bits per heavy atom. The first-order chi connectivity index (χ1) is 13.8. The summed E-state index contributed by atoms with van der Waals surface area (Å²) in [4.78, 5) is 21.7. The van der Waals surface area contributed by atoms with Crippen molar-refractivity contribution >= 4 is 45.0 Å². The number of carbonyl (C=O) groups is 1. The second kappa shape index (κ2) is 10.8. The van der Waals surface area contributed by atoms with Crippen molar-refractivity contribution in [1.82, 2.24) is 9.88 Å². The van der Waals surface area contributed by atoms with Gasteiger partial charge in [-0.05, 0) is 82.7 Å². The summed E-state index contributed by atoms with van der Waals surface area (Å²) in [5, 5.41) is 0.741. The number of fused-ring (bicyclic) bond motifs is 1. The van der Waals surface area contributed by atoms with Gasteiger partial charge in [0.2, 0.25) is 0 Å². The maximum atomic E-state index is 13.1. The van der Waals surface area contributed by atoms with Crippen LogP contribution in [0.5, 0.6) is 5.75 Å². The smallest absolute Gasteiger partial charge is 0.266 e. The number of anilines is 1. The minimum Gasteiger partial charge on any atom is -0.484 e. The Balaban J connectivity index is 0.00000320. The van der Waals surface area contributed by atoms with E-state index in [0.717, 1.165) is 33.9 Å². The molecular weight excluding hydrogens is 418 g/mol. The molecule has 0 aliphatic heterocycles. The summed E-state index contributed by atoms with van der Waals surface area (Å²) in [6.07, 6.45) is 0.872. The molecule has 3 rings (SSSR count). The first-order valence-corrected chi connectivity index (χ1v) is 10.7. The molecule has 3 aromatic rings. The fraction of sp³-hybridized carbons (Fsp3) is 0.391. The second-order valence-corrected chi connectivity index (χ2v) is 8.71. The van der Waals surface area contributed by atoms with Crippen LogP contribution in [-0.2, 0) is 4.79 Å². The van der Waals surface area contributed by atoms with Gasteiger partial charge in [0.05, 0.1) is 10.2 Å². The van der Waals surface area contributed by atoms with E-state index in [4.69, 9.17) is 9.72 Å². The van der Waals surface area contributed by atoms with Crippen molar-refractivity contribution in [1.29, 1.82) is 0 Å². The Kier molecular flexibility index (Phi) is 8.65. The number of amides is 1. The molecule has 30 heavy (non-hydrogen) atoms. The number of aromatic nitrogens is 1. The lowest BCUT2D eigenvalue weighted by atomic mass is 10.1. The van der Waals surface area contributed by atoms with Gasteiger partial charge < -0.3 is 9.64 Å². The van der Waals surface area contributed by atoms with Crippen molar-refractivity contribution in [3.05, 3.63) is 53.1 Å². The number of hydrogen-bond donors (Lipinski definition) is 0. The van der Waals surface area contributed by atoms with E-state index in [1.807, 2.05) is 45.3 Å². The van der Waals surface area contributed by atoms with Gasteiger partial charge in [-0.2, -0.15) is 0 Å². The number of hydrogen-bond acceptors (Lipinski definition) is 5. The molecule has 162 valence electrons.